The largest absolute Gasteiger partial charge is 0.359 e. The Morgan fingerprint density at radius 3 is 2.55 bits per heavy atom. The van der Waals surface area contributed by atoms with Gasteiger partial charge in [0.2, 0.25) is 0 Å². The van der Waals surface area contributed by atoms with E-state index in [0.29, 0.717) is 29.7 Å². The Kier molecular flexibility index (Phi) is 6.35. The van der Waals surface area contributed by atoms with E-state index in [4.69, 9.17) is 9.55 Å². The first kappa shape index (κ1) is 21.4. The highest BCUT2D eigenvalue weighted by Crippen LogP contribution is 2.37. The molecule has 0 atom stereocenters. The molecule has 0 radical (unpaired) electrons. The molecule has 3 rings (SSSR count). The second kappa shape index (κ2) is 8.60. The lowest BCUT2D eigenvalue weighted by molar-refractivity contribution is 0.338. The summed E-state index contributed by atoms with van der Waals surface area (Å²) < 4.78 is 30.7. The van der Waals surface area contributed by atoms with Crippen molar-refractivity contribution in [2.45, 2.75) is 51.9 Å². The van der Waals surface area contributed by atoms with Crippen LogP contribution in [0.15, 0.2) is 56.0 Å². The fraction of sp³-hybridized carbons (Fsp3) is 0.364. The zero-order chi connectivity index (χ0) is 21.2. The quantitative estimate of drug-likeness (QED) is 0.612. The minimum absolute atomic E-state index is 0.180. The molecule has 0 saturated carbocycles. The fourth-order valence-electron chi connectivity index (χ4n) is 3.72. The molecule has 152 valence electrons. The van der Waals surface area contributed by atoms with Crippen molar-refractivity contribution in [1.29, 1.82) is 5.26 Å². The van der Waals surface area contributed by atoms with Crippen molar-refractivity contribution < 1.29 is 12.7 Å². The van der Waals surface area contributed by atoms with Gasteiger partial charge in [-0.1, -0.05) is 40.6 Å². The predicted octanol–water partition coefficient (Wildman–Crippen LogP) is 5.25. The minimum Gasteiger partial charge on any atom is -0.264 e. The number of nitrogens with zero attached hydrogens (tertiary/aromatic N) is 2. The van der Waals surface area contributed by atoms with Gasteiger partial charge in [0.1, 0.15) is 4.90 Å². The molecule has 2 aliphatic rings. The summed E-state index contributed by atoms with van der Waals surface area (Å²) in [5.41, 5.74) is 6.12. The summed E-state index contributed by atoms with van der Waals surface area (Å²) in [5, 5.41) is 13.1. The van der Waals surface area contributed by atoms with E-state index in [0.717, 1.165) is 39.4 Å². The van der Waals surface area contributed by atoms with Gasteiger partial charge in [-0.2, -0.15) is 13.7 Å². The molecule has 1 aliphatic carbocycles. The zero-order valence-corrected chi connectivity index (χ0v) is 18.7. The Bertz CT molecular complexity index is 1090. The molecule has 0 spiro atoms. The van der Waals surface area contributed by atoms with Gasteiger partial charge in [-0.3, -0.25) is 4.28 Å². The van der Waals surface area contributed by atoms with Gasteiger partial charge < -0.3 is 0 Å². The number of benzene rings is 1. The van der Waals surface area contributed by atoms with E-state index in [1.807, 2.05) is 32.1 Å². The van der Waals surface area contributed by atoms with Crippen LogP contribution in [0.3, 0.4) is 0 Å². The average Bonchev–Trinajstić information content (AvgIpc) is 3.09. The zero-order valence-electron chi connectivity index (χ0n) is 17.1. The minimum atomic E-state index is -4.00. The van der Waals surface area contributed by atoms with Crippen molar-refractivity contribution in [3.63, 3.8) is 0 Å². The molecule has 29 heavy (non-hydrogen) atoms. The van der Waals surface area contributed by atoms with Crippen molar-refractivity contribution in [2.75, 3.05) is 5.75 Å². The third-order valence-electron chi connectivity index (χ3n) is 4.99. The van der Waals surface area contributed by atoms with Gasteiger partial charge in [0.05, 0.1) is 18.2 Å². The maximum absolute atomic E-state index is 12.8. The third-order valence-corrected chi connectivity index (χ3v) is 7.60. The molecule has 0 bridgehead atoms. The van der Waals surface area contributed by atoms with E-state index in [9.17, 15) is 8.42 Å². The van der Waals surface area contributed by atoms with Gasteiger partial charge in [0.15, 0.2) is 0 Å². The van der Waals surface area contributed by atoms with Crippen molar-refractivity contribution >= 4 is 27.6 Å². The van der Waals surface area contributed by atoms with Crippen molar-refractivity contribution in [2.24, 2.45) is 5.16 Å². The monoisotopic (exact) mass is 428 g/mol. The summed E-state index contributed by atoms with van der Waals surface area (Å²) in [4.78, 5) is 1.14. The Labute approximate surface area is 177 Å². The molecule has 1 fully saturated rings. The summed E-state index contributed by atoms with van der Waals surface area (Å²) in [6.45, 7) is 7.46. The predicted molar refractivity (Wildman–Crippen MR) is 117 cm³/mol. The van der Waals surface area contributed by atoms with E-state index in [1.54, 1.807) is 25.6 Å². The average molecular weight is 429 g/mol. The van der Waals surface area contributed by atoms with Crippen molar-refractivity contribution in [1.82, 2.24) is 0 Å². The Morgan fingerprint density at radius 1 is 1.21 bits per heavy atom. The molecule has 7 heteroatoms. The smallest absolute Gasteiger partial charge is 0.264 e. The third kappa shape index (κ3) is 4.65. The van der Waals surface area contributed by atoms with Gasteiger partial charge in [-0.15, -0.1) is 11.8 Å². The lowest BCUT2D eigenvalue weighted by Crippen LogP contribution is -2.09. The number of allylic oxidation sites excluding steroid dienone is 6. The van der Waals surface area contributed by atoms with Crippen LogP contribution in [0.4, 0.5) is 0 Å². The van der Waals surface area contributed by atoms with E-state index in [-0.39, 0.29) is 4.90 Å². The standard InChI is InChI=1S/C22H24N2O3S2/c1-14-11-16(3)22(17(4)12-14)29(25,26)27-24-20-8-10-28-21(20)19-6-5-15(2)18(13-19)7-9-23/h5,11-13H,6-8,10H2,1-4H3. The van der Waals surface area contributed by atoms with Gasteiger partial charge in [0.25, 0.3) is 0 Å². The van der Waals surface area contributed by atoms with E-state index in [2.05, 4.69) is 17.3 Å². The molecular formula is C22H24N2O3S2. The van der Waals surface area contributed by atoms with Crippen molar-refractivity contribution in [3.05, 3.63) is 62.6 Å². The first-order chi connectivity index (χ1) is 13.7. The van der Waals surface area contributed by atoms with Crippen LogP contribution >= 0.6 is 11.8 Å². The number of hydrogen-bond acceptors (Lipinski definition) is 6. The fourth-order valence-corrected chi connectivity index (χ4v) is 6.02. The van der Waals surface area contributed by atoms with Gasteiger partial charge >= 0.3 is 10.1 Å². The van der Waals surface area contributed by atoms with Crippen LogP contribution in [0, 0.1) is 32.1 Å². The normalized spacial score (nSPS) is 21.0. The van der Waals surface area contributed by atoms with E-state index < -0.39 is 10.1 Å². The highest BCUT2D eigenvalue weighted by Gasteiger charge is 2.25. The molecule has 0 amide bonds. The summed E-state index contributed by atoms with van der Waals surface area (Å²) >= 11 is 1.65. The maximum atomic E-state index is 12.8. The first-order valence-electron chi connectivity index (χ1n) is 9.42. The van der Waals surface area contributed by atoms with Gasteiger partial charge in [-0.05, 0) is 56.4 Å². The number of aryl methyl sites for hydroxylation is 3. The Hall–Kier alpha value is -2.30. The molecule has 1 aromatic rings. The molecule has 1 saturated heterocycles. The number of nitriles is 1. The first-order valence-corrected chi connectivity index (χ1v) is 11.8. The second-order valence-corrected chi connectivity index (χ2v) is 9.91. The maximum Gasteiger partial charge on any atom is 0.359 e. The van der Waals surface area contributed by atoms with E-state index in [1.165, 1.54) is 0 Å². The summed E-state index contributed by atoms with van der Waals surface area (Å²) in [6.07, 6.45) is 5.87. The van der Waals surface area contributed by atoms with Crippen LogP contribution in [0.2, 0.25) is 0 Å². The molecular weight excluding hydrogens is 404 g/mol. The molecule has 5 nitrogen and oxygen atoms in total. The molecule has 0 N–H and O–H groups in total. The molecule has 1 aliphatic heterocycles. The molecule has 1 aromatic carbocycles. The lowest BCUT2D eigenvalue weighted by Gasteiger charge is -2.15. The number of thioether (sulfide) groups is 1. The SMILES string of the molecule is CC1=CCC(=C2SCCC2=NOS(=O)(=O)c2c(C)cc(C)cc2C)C=C1CC#N. The molecule has 0 aromatic heterocycles. The van der Waals surface area contributed by atoms with Crippen LogP contribution in [0.25, 0.3) is 0 Å². The topological polar surface area (TPSA) is 79.5 Å². The van der Waals surface area contributed by atoms with Gasteiger partial charge in [0, 0.05) is 17.1 Å². The molecule has 1 heterocycles. The van der Waals surface area contributed by atoms with Crippen LogP contribution in [-0.2, 0) is 14.4 Å². The van der Waals surface area contributed by atoms with Crippen LogP contribution in [0.1, 0.15) is 42.9 Å². The summed E-state index contributed by atoms with van der Waals surface area (Å²) in [6, 6.07) is 5.85. The highest BCUT2D eigenvalue weighted by molar-refractivity contribution is 8.04. The van der Waals surface area contributed by atoms with Gasteiger partial charge in [-0.25, -0.2) is 0 Å². The lowest BCUT2D eigenvalue weighted by atomic mass is 9.93. The summed E-state index contributed by atoms with van der Waals surface area (Å²) in [7, 11) is -4.00. The Morgan fingerprint density at radius 2 is 1.90 bits per heavy atom. The number of oxime groups is 1. The summed E-state index contributed by atoms with van der Waals surface area (Å²) in [5.74, 6) is 0.827. The number of hydrogen-bond donors (Lipinski definition) is 0. The Balaban J connectivity index is 1.92. The van der Waals surface area contributed by atoms with Crippen LogP contribution in [0.5, 0.6) is 0 Å². The van der Waals surface area contributed by atoms with Crippen molar-refractivity contribution in [3.8, 4) is 6.07 Å². The highest BCUT2D eigenvalue weighted by atomic mass is 32.2. The van der Waals surface area contributed by atoms with E-state index >= 15 is 0 Å². The van der Waals surface area contributed by atoms with Crippen LogP contribution in [-0.4, -0.2) is 19.9 Å². The second-order valence-electron chi connectivity index (χ2n) is 7.34. The molecule has 0 unspecified atom stereocenters. The van der Waals surface area contributed by atoms with Crippen LogP contribution < -0.4 is 0 Å². The number of rotatable bonds is 4.